The summed E-state index contributed by atoms with van der Waals surface area (Å²) in [6.45, 7) is 5.82. The highest BCUT2D eigenvalue weighted by Crippen LogP contribution is 2.27. The molecular formula is C17H23BrN2O. The van der Waals surface area contributed by atoms with E-state index in [1.807, 2.05) is 24.3 Å². The van der Waals surface area contributed by atoms with E-state index in [1.165, 1.54) is 39.0 Å². The van der Waals surface area contributed by atoms with Crippen molar-refractivity contribution in [3.05, 3.63) is 34.3 Å². The average molecular weight is 351 g/mol. The smallest absolute Gasteiger partial charge is 0.162 e. The zero-order valence-corrected chi connectivity index (χ0v) is 14.0. The number of carbonyl (C=O) groups is 1. The van der Waals surface area contributed by atoms with Crippen molar-refractivity contribution in [2.75, 3.05) is 32.7 Å². The molecule has 0 atom stereocenters. The molecule has 0 unspecified atom stereocenters. The van der Waals surface area contributed by atoms with E-state index in [-0.39, 0.29) is 5.78 Å². The summed E-state index contributed by atoms with van der Waals surface area (Å²) < 4.78 is 1.02. The van der Waals surface area contributed by atoms with Gasteiger partial charge in [-0.3, -0.25) is 9.69 Å². The Kier molecular flexibility index (Phi) is 5.09. The molecule has 0 aromatic heterocycles. The normalized spacial score (nSPS) is 20.6. The Labute approximate surface area is 135 Å². The molecule has 0 spiro atoms. The van der Waals surface area contributed by atoms with Gasteiger partial charge in [-0.2, -0.15) is 0 Å². The Balaban J connectivity index is 1.36. The number of Topliss-reactive ketones (excluding diaryl/α,β-unsaturated/α-hetero) is 1. The second-order valence-electron chi connectivity index (χ2n) is 6.14. The van der Waals surface area contributed by atoms with Crippen molar-refractivity contribution < 1.29 is 4.79 Å². The van der Waals surface area contributed by atoms with Gasteiger partial charge in [-0.05, 0) is 37.9 Å². The molecule has 0 N–H and O–H groups in total. The zero-order valence-electron chi connectivity index (χ0n) is 12.4. The van der Waals surface area contributed by atoms with E-state index in [1.54, 1.807) is 0 Å². The van der Waals surface area contributed by atoms with E-state index < -0.39 is 0 Å². The van der Waals surface area contributed by atoms with Crippen molar-refractivity contribution in [3.63, 3.8) is 0 Å². The summed E-state index contributed by atoms with van der Waals surface area (Å²) in [7, 11) is 0. The second kappa shape index (κ2) is 7.03. The van der Waals surface area contributed by atoms with Crippen LogP contribution in [0.4, 0.5) is 0 Å². The third-order valence-corrected chi connectivity index (χ3v) is 5.04. The van der Waals surface area contributed by atoms with Crippen LogP contribution in [0.5, 0.6) is 0 Å². The van der Waals surface area contributed by atoms with Gasteiger partial charge in [-0.25, -0.2) is 0 Å². The Morgan fingerprint density at radius 3 is 2.38 bits per heavy atom. The van der Waals surface area contributed by atoms with Gasteiger partial charge in [0, 0.05) is 48.7 Å². The lowest BCUT2D eigenvalue weighted by Gasteiger charge is -2.34. The van der Waals surface area contributed by atoms with Crippen LogP contribution in [0.25, 0.3) is 0 Å². The summed E-state index contributed by atoms with van der Waals surface area (Å²) >= 11 is 3.40. The van der Waals surface area contributed by atoms with E-state index >= 15 is 0 Å². The maximum atomic E-state index is 12.1. The third-order valence-electron chi connectivity index (χ3n) is 4.51. The fourth-order valence-corrected chi connectivity index (χ4v) is 3.30. The zero-order chi connectivity index (χ0) is 14.7. The fourth-order valence-electron chi connectivity index (χ4n) is 3.04. The van der Waals surface area contributed by atoms with E-state index in [2.05, 4.69) is 25.7 Å². The van der Waals surface area contributed by atoms with Gasteiger partial charge in [0.2, 0.25) is 0 Å². The van der Waals surface area contributed by atoms with Gasteiger partial charge in [0.1, 0.15) is 0 Å². The van der Waals surface area contributed by atoms with Gasteiger partial charge in [-0.1, -0.05) is 28.1 Å². The monoisotopic (exact) mass is 350 g/mol. The van der Waals surface area contributed by atoms with Gasteiger partial charge in [0.05, 0.1) is 0 Å². The van der Waals surface area contributed by atoms with Crippen LogP contribution in [0, 0.1) is 0 Å². The highest BCUT2D eigenvalue weighted by Gasteiger charge is 2.30. The standard InChI is InChI=1S/C17H23BrN2O/c18-15-5-3-14(4-6-15)17(21)2-1-9-19-10-12-20(13-11-19)16-7-8-16/h3-6,16H,1-2,7-13H2. The van der Waals surface area contributed by atoms with Crippen molar-refractivity contribution in [2.45, 2.75) is 31.7 Å². The van der Waals surface area contributed by atoms with Crippen molar-refractivity contribution >= 4 is 21.7 Å². The molecule has 0 amide bonds. The SMILES string of the molecule is O=C(CCCN1CCN(C2CC2)CC1)c1ccc(Br)cc1. The van der Waals surface area contributed by atoms with E-state index in [4.69, 9.17) is 0 Å². The van der Waals surface area contributed by atoms with Crippen LogP contribution in [0.2, 0.25) is 0 Å². The lowest BCUT2D eigenvalue weighted by atomic mass is 10.1. The molecule has 1 saturated carbocycles. The molecule has 2 fully saturated rings. The van der Waals surface area contributed by atoms with Crippen LogP contribution in [0.15, 0.2) is 28.7 Å². The maximum Gasteiger partial charge on any atom is 0.162 e. The lowest BCUT2D eigenvalue weighted by Crippen LogP contribution is -2.47. The number of halogens is 1. The molecule has 2 aliphatic rings. The topological polar surface area (TPSA) is 23.6 Å². The first kappa shape index (κ1) is 15.2. The predicted molar refractivity (Wildman–Crippen MR) is 88.7 cm³/mol. The molecule has 0 radical (unpaired) electrons. The summed E-state index contributed by atoms with van der Waals surface area (Å²) in [5.74, 6) is 0.263. The van der Waals surface area contributed by atoms with Gasteiger partial charge in [0.25, 0.3) is 0 Å². The fraction of sp³-hybridized carbons (Fsp3) is 0.588. The number of rotatable bonds is 6. The van der Waals surface area contributed by atoms with Crippen molar-refractivity contribution in [2.24, 2.45) is 0 Å². The summed E-state index contributed by atoms with van der Waals surface area (Å²) in [6, 6.07) is 8.57. The van der Waals surface area contributed by atoms with Crippen LogP contribution in [0.3, 0.4) is 0 Å². The van der Waals surface area contributed by atoms with Crippen LogP contribution >= 0.6 is 15.9 Å². The lowest BCUT2D eigenvalue weighted by molar-refractivity contribution is 0.0959. The quantitative estimate of drug-likeness (QED) is 0.736. The Hall–Kier alpha value is -0.710. The number of hydrogen-bond donors (Lipinski definition) is 0. The molecule has 4 heteroatoms. The molecule has 3 nitrogen and oxygen atoms in total. The minimum atomic E-state index is 0.263. The maximum absolute atomic E-state index is 12.1. The molecule has 0 bridgehead atoms. The first-order chi connectivity index (χ1) is 10.2. The average Bonchev–Trinajstić information content (AvgIpc) is 3.33. The molecule has 3 rings (SSSR count). The van der Waals surface area contributed by atoms with Crippen molar-refractivity contribution in [1.29, 1.82) is 0 Å². The second-order valence-corrected chi connectivity index (χ2v) is 7.06. The first-order valence-corrected chi connectivity index (χ1v) is 8.77. The minimum Gasteiger partial charge on any atom is -0.301 e. The predicted octanol–water partition coefficient (Wildman–Crippen LogP) is 3.19. The number of nitrogens with zero attached hydrogens (tertiary/aromatic N) is 2. The molecule has 1 heterocycles. The van der Waals surface area contributed by atoms with Gasteiger partial charge in [-0.15, -0.1) is 0 Å². The van der Waals surface area contributed by atoms with Gasteiger partial charge in [0.15, 0.2) is 5.78 Å². The van der Waals surface area contributed by atoms with Gasteiger partial charge >= 0.3 is 0 Å². The molecule has 114 valence electrons. The molecular weight excluding hydrogens is 328 g/mol. The van der Waals surface area contributed by atoms with Crippen molar-refractivity contribution in [1.82, 2.24) is 9.80 Å². The van der Waals surface area contributed by atoms with Crippen LogP contribution in [-0.2, 0) is 0 Å². The van der Waals surface area contributed by atoms with Crippen LogP contribution in [0.1, 0.15) is 36.0 Å². The van der Waals surface area contributed by atoms with E-state index in [9.17, 15) is 4.79 Å². The first-order valence-electron chi connectivity index (χ1n) is 7.97. The highest BCUT2D eigenvalue weighted by atomic mass is 79.9. The number of carbonyl (C=O) groups excluding carboxylic acids is 1. The molecule has 1 aliphatic carbocycles. The Bertz CT molecular complexity index is 476. The highest BCUT2D eigenvalue weighted by molar-refractivity contribution is 9.10. The summed E-state index contributed by atoms with van der Waals surface area (Å²) in [4.78, 5) is 17.2. The Morgan fingerprint density at radius 2 is 1.76 bits per heavy atom. The van der Waals surface area contributed by atoms with Crippen LogP contribution in [-0.4, -0.2) is 54.3 Å². The number of hydrogen-bond acceptors (Lipinski definition) is 3. The minimum absolute atomic E-state index is 0.263. The molecule has 1 aliphatic heterocycles. The third kappa shape index (κ3) is 4.38. The number of piperazine rings is 1. The summed E-state index contributed by atoms with van der Waals surface area (Å²) in [5.41, 5.74) is 0.830. The largest absolute Gasteiger partial charge is 0.301 e. The van der Waals surface area contributed by atoms with Crippen molar-refractivity contribution in [3.8, 4) is 0 Å². The number of ketones is 1. The van der Waals surface area contributed by atoms with E-state index in [0.717, 1.165) is 29.0 Å². The van der Waals surface area contributed by atoms with Crippen LogP contribution < -0.4 is 0 Å². The molecule has 1 aromatic rings. The summed E-state index contributed by atoms with van der Waals surface area (Å²) in [6.07, 6.45) is 4.44. The van der Waals surface area contributed by atoms with E-state index in [0.29, 0.717) is 6.42 Å². The van der Waals surface area contributed by atoms with Gasteiger partial charge < -0.3 is 4.90 Å². The molecule has 1 saturated heterocycles. The number of benzene rings is 1. The summed E-state index contributed by atoms with van der Waals surface area (Å²) in [5, 5.41) is 0. The Morgan fingerprint density at radius 1 is 1.10 bits per heavy atom. The molecule has 1 aromatic carbocycles. The molecule has 21 heavy (non-hydrogen) atoms.